The molecular formula is C20H34N4O. The minimum Gasteiger partial charge on any atom is -0.337 e. The number of urea groups is 1. The van der Waals surface area contributed by atoms with Crippen LogP contribution in [0.15, 0.2) is 24.3 Å². The SMILES string of the molecule is C[C@H](NC(=O)NC[C@H]1CN(C)CCN1C)c1ccc(C(C)(C)C)cc1. The summed E-state index contributed by atoms with van der Waals surface area (Å²) in [5.74, 6) is 0. The number of carbonyl (C=O) groups is 1. The normalized spacial score (nSPS) is 21.0. The van der Waals surface area contributed by atoms with E-state index in [0.717, 1.165) is 25.2 Å². The lowest BCUT2D eigenvalue weighted by atomic mass is 9.86. The van der Waals surface area contributed by atoms with E-state index in [0.29, 0.717) is 12.6 Å². The first-order valence-corrected chi connectivity index (χ1v) is 9.20. The lowest BCUT2D eigenvalue weighted by Crippen LogP contribution is -2.55. The van der Waals surface area contributed by atoms with Crippen LogP contribution in [0.5, 0.6) is 0 Å². The molecule has 0 unspecified atom stereocenters. The van der Waals surface area contributed by atoms with Crippen LogP contribution in [0.3, 0.4) is 0 Å². The van der Waals surface area contributed by atoms with Gasteiger partial charge >= 0.3 is 6.03 Å². The molecule has 2 N–H and O–H groups in total. The molecule has 1 aliphatic heterocycles. The molecule has 0 radical (unpaired) electrons. The Bertz CT molecular complexity index is 564. The molecule has 140 valence electrons. The van der Waals surface area contributed by atoms with Crippen molar-refractivity contribution < 1.29 is 4.79 Å². The predicted octanol–water partition coefficient (Wildman–Crippen LogP) is 2.59. The molecule has 5 heteroatoms. The summed E-state index contributed by atoms with van der Waals surface area (Å²) in [5, 5.41) is 6.06. The van der Waals surface area contributed by atoms with Gasteiger partial charge in [-0.1, -0.05) is 45.0 Å². The molecule has 5 nitrogen and oxygen atoms in total. The summed E-state index contributed by atoms with van der Waals surface area (Å²) in [5.41, 5.74) is 2.57. The molecule has 2 amide bonds. The minimum absolute atomic E-state index is 0.0132. The highest BCUT2D eigenvalue weighted by molar-refractivity contribution is 5.74. The van der Waals surface area contributed by atoms with Crippen molar-refractivity contribution in [3.8, 4) is 0 Å². The minimum atomic E-state index is -0.103. The Labute approximate surface area is 152 Å². The Kier molecular flexibility index (Phi) is 6.47. The lowest BCUT2D eigenvalue weighted by molar-refractivity contribution is 0.114. The molecule has 0 spiro atoms. The van der Waals surface area contributed by atoms with Gasteiger partial charge in [0.2, 0.25) is 0 Å². The van der Waals surface area contributed by atoms with E-state index in [-0.39, 0.29) is 17.5 Å². The molecule has 25 heavy (non-hydrogen) atoms. The third kappa shape index (κ3) is 5.72. The maximum Gasteiger partial charge on any atom is 0.315 e. The van der Waals surface area contributed by atoms with Gasteiger partial charge in [0.15, 0.2) is 0 Å². The van der Waals surface area contributed by atoms with Crippen LogP contribution in [0.1, 0.15) is 44.9 Å². The second-order valence-corrected chi connectivity index (χ2v) is 8.34. The van der Waals surface area contributed by atoms with E-state index in [4.69, 9.17) is 0 Å². The van der Waals surface area contributed by atoms with E-state index >= 15 is 0 Å². The summed E-state index contributed by atoms with van der Waals surface area (Å²) in [6.45, 7) is 12.4. The van der Waals surface area contributed by atoms with Gasteiger partial charge in [0, 0.05) is 32.2 Å². The van der Waals surface area contributed by atoms with Crippen LogP contribution in [-0.4, -0.2) is 62.1 Å². The summed E-state index contributed by atoms with van der Waals surface area (Å²) in [7, 11) is 4.25. The van der Waals surface area contributed by atoms with E-state index < -0.39 is 0 Å². The Balaban J connectivity index is 1.83. The van der Waals surface area contributed by atoms with Gasteiger partial charge in [0.05, 0.1) is 6.04 Å². The molecular weight excluding hydrogens is 312 g/mol. The van der Waals surface area contributed by atoms with Crippen molar-refractivity contribution in [1.29, 1.82) is 0 Å². The Morgan fingerprint density at radius 1 is 1.20 bits per heavy atom. The van der Waals surface area contributed by atoms with Crippen molar-refractivity contribution in [1.82, 2.24) is 20.4 Å². The van der Waals surface area contributed by atoms with Crippen molar-refractivity contribution in [2.24, 2.45) is 0 Å². The first-order chi connectivity index (χ1) is 11.7. The van der Waals surface area contributed by atoms with Gasteiger partial charge in [-0.3, -0.25) is 4.90 Å². The average Bonchev–Trinajstić information content (AvgIpc) is 2.55. The molecule has 1 aromatic carbocycles. The standard InChI is InChI=1S/C20H34N4O/c1-15(16-7-9-17(10-8-16)20(2,3)4)22-19(25)21-13-18-14-23(5)11-12-24(18)6/h7-10,15,18H,11-14H2,1-6H3,(H2,21,22,25)/t15-,18-/m0/s1. The summed E-state index contributed by atoms with van der Waals surface area (Å²) in [6, 6.07) is 8.77. The number of benzene rings is 1. The summed E-state index contributed by atoms with van der Waals surface area (Å²) in [6.07, 6.45) is 0. The van der Waals surface area contributed by atoms with E-state index in [9.17, 15) is 4.79 Å². The van der Waals surface area contributed by atoms with Gasteiger partial charge < -0.3 is 15.5 Å². The van der Waals surface area contributed by atoms with Crippen LogP contribution in [0, 0.1) is 0 Å². The lowest BCUT2D eigenvalue weighted by Gasteiger charge is -2.37. The quantitative estimate of drug-likeness (QED) is 0.881. The van der Waals surface area contributed by atoms with Gasteiger partial charge in [0.25, 0.3) is 0 Å². The molecule has 0 saturated carbocycles. The maximum atomic E-state index is 12.2. The Hall–Kier alpha value is -1.59. The highest BCUT2D eigenvalue weighted by Gasteiger charge is 2.22. The maximum absolute atomic E-state index is 12.2. The molecule has 0 aliphatic carbocycles. The molecule has 1 fully saturated rings. The fourth-order valence-electron chi connectivity index (χ4n) is 3.14. The van der Waals surface area contributed by atoms with Crippen molar-refractivity contribution in [3.05, 3.63) is 35.4 Å². The van der Waals surface area contributed by atoms with Crippen molar-refractivity contribution >= 4 is 6.03 Å². The molecule has 0 bridgehead atoms. The van der Waals surface area contributed by atoms with Gasteiger partial charge in [-0.05, 0) is 37.6 Å². The smallest absolute Gasteiger partial charge is 0.315 e. The third-order valence-corrected chi connectivity index (χ3v) is 5.10. The summed E-state index contributed by atoms with van der Waals surface area (Å²) < 4.78 is 0. The van der Waals surface area contributed by atoms with E-state index in [1.54, 1.807) is 0 Å². The van der Waals surface area contributed by atoms with Crippen molar-refractivity contribution in [3.63, 3.8) is 0 Å². The zero-order valence-corrected chi connectivity index (χ0v) is 16.6. The van der Waals surface area contributed by atoms with Crippen LogP contribution in [0.25, 0.3) is 0 Å². The number of carbonyl (C=O) groups excluding carboxylic acids is 1. The van der Waals surface area contributed by atoms with E-state index in [1.807, 2.05) is 6.92 Å². The van der Waals surface area contributed by atoms with E-state index in [1.165, 1.54) is 5.56 Å². The molecule has 0 aromatic heterocycles. The number of rotatable bonds is 4. The molecule has 2 rings (SSSR count). The average molecular weight is 347 g/mol. The van der Waals surface area contributed by atoms with Crippen molar-refractivity contribution in [2.45, 2.75) is 45.2 Å². The van der Waals surface area contributed by atoms with Crippen LogP contribution < -0.4 is 10.6 Å². The number of amides is 2. The first kappa shape index (κ1) is 19.7. The number of hydrogen-bond donors (Lipinski definition) is 2. The van der Waals surface area contributed by atoms with Gasteiger partial charge in [0.1, 0.15) is 0 Å². The van der Waals surface area contributed by atoms with Crippen LogP contribution >= 0.6 is 0 Å². The van der Waals surface area contributed by atoms with E-state index in [2.05, 4.69) is 79.6 Å². The number of likely N-dealkylation sites (N-methyl/N-ethyl adjacent to an activating group) is 2. The van der Waals surface area contributed by atoms with Gasteiger partial charge in [-0.15, -0.1) is 0 Å². The second-order valence-electron chi connectivity index (χ2n) is 8.34. The zero-order chi connectivity index (χ0) is 18.6. The summed E-state index contributed by atoms with van der Waals surface area (Å²) in [4.78, 5) is 16.9. The largest absolute Gasteiger partial charge is 0.337 e. The highest BCUT2D eigenvalue weighted by atomic mass is 16.2. The fraction of sp³-hybridized carbons (Fsp3) is 0.650. The van der Waals surface area contributed by atoms with Gasteiger partial charge in [-0.2, -0.15) is 0 Å². The topological polar surface area (TPSA) is 47.6 Å². The Morgan fingerprint density at radius 2 is 1.84 bits per heavy atom. The number of piperazine rings is 1. The number of nitrogens with one attached hydrogen (secondary N) is 2. The third-order valence-electron chi connectivity index (χ3n) is 5.10. The van der Waals surface area contributed by atoms with Gasteiger partial charge in [-0.25, -0.2) is 4.79 Å². The zero-order valence-electron chi connectivity index (χ0n) is 16.6. The molecule has 1 aromatic rings. The van der Waals surface area contributed by atoms with Crippen molar-refractivity contribution in [2.75, 3.05) is 40.3 Å². The number of hydrogen-bond acceptors (Lipinski definition) is 3. The second kappa shape index (κ2) is 8.19. The Morgan fingerprint density at radius 3 is 2.44 bits per heavy atom. The highest BCUT2D eigenvalue weighted by Crippen LogP contribution is 2.23. The first-order valence-electron chi connectivity index (χ1n) is 9.20. The van der Waals surface area contributed by atoms with Crippen LogP contribution in [0.2, 0.25) is 0 Å². The molecule has 2 atom stereocenters. The van der Waals surface area contributed by atoms with Crippen LogP contribution in [0.4, 0.5) is 4.79 Å². The fourth-order valence-corrected chi connectivity index (χ4v) is 3.14. The monoisotopic (exact) mass is 346 g/mol. The summed E-state index contributed by atoms with van der Waals surface area (Å²) >= 11 is 0. The predicted molar refractivity (Wildman–Crippen MR) is 104 cm³/mol. The van der Waals surface area contributed by atoms with Crippen LogP contribution in [-0.2, 0) is 5.41 Å². The number of nitrogens with zero attached hydrogens (tertiary/aromatic N) is 2. The molecule has 1 saturated heterocycles. The molecule has 1 aliphatic rings. The molecule has 1 heterocycles.